The third kappa shape index (κ3) is 5.54. The molecule has 6 heteroatoms. The number of aryl methyl sites for hydroxylation is 1. The molecule has 2 aromatic carbocycles. The highest BCUT2D eigenvalue weighted by Gasteiger charge is 2.11. The Morgan fingerprint density at radius 3 is 2.43 bits per heavy atom. The van der Waals surface area contributed by atoms with Crippen LogP contribution in [0.4, 0.5) is 11.5 Å². The van der Waals surface area contributed by atoms with E-state index in [1.807, 2.05) is 56.3 Å². The van der Waals surface area contributed by atoms with Crippen molar-refractivity contribution in [2.75, 3.05) is 10.6 Å². The minimum atomic E-state index is -0.286. The van der Waals surface area contributed by atoms with Crippen LogP contribution in [-0.4, -0.2) is 22.0 Å². The molecule has 1 aromatic heterocycles. The van der Waals surface area contributed by atoms with Gasteiger partial charge in [0.05, 0.1) is 6.10 Å². The Balaban J connectivity index is 1.66. The molecule has 0 radical (unpaired) electrons. The Labute approximate surface area is 165 Å². The molecule has 0 saturated heterocycles. The van der Waals surface area contributed by atoms with E-state index in [0.29, 0.717) is 29.6 Å². The standard InChI is InChI=1S/C22H24N4O2/c1-15(2)28-19-11-9-18(10-12-19)26-22(27)20-13-21(25-16(3)24-20)23-14-17-7-5-4-6-8-17/h4-13,15H,14H2,1-3H3,(H,26,27)(H,23,24,25). The number of carbonyl (C=O) groups excluding carboxylic acids is 1. The summed E-state index contributed by atoms with van der Waals surface area (Å²) >= 11 is 0. The van der Waals surface area contributed by atoms with Crippen molar-refractivity contribution in [3.05, 3.63) is 77.7 Å². The van der Waals surface area contributed by atoms with Gasteiger partial charge in [0.2, 0.25) is 0 Å². The van der Waals surface area contributed by atoms with E-state index in [4.69, 9.17) is 4.74 Å². The Kier molecular flexibility index (Phi) is 6.22. The van der Waals surface area contributed by atoms with E-state index >= 15 is 0 Å². The number of aromatic nitrogens is 2. The molecule has 3 rings (SSSR count). The molecule has 28 heavy (non-hydrogen) atoms. The molecule has 2 N–H and O–H groups in total. The molecule has 0 aliphatic carbocycles. The Hall–Kier alpha value is -3.41. The largest absolute Gasteiger partial charge is 0.491 e. The van der Waals surface area contributed by atoms with Crippen LogP contribution in [-0.2, 0) is 6.54 Å². The maximum atomic E-state index is 12.6. The maximum Gasteiger partial charge on any atom is 0.274 e. The summed E-state index contributed by atoms with van der Waals surface area (Å²) in [5, 5.41) is 6.09. The lowest BCUT2D eigenvalue weighted by Gasteiger charge is -2.11. The first-order valence-electron chi connectivity index (χ1n) is 9.21. The predicted molar refractivity (Wildman–Crippen MR) is 111 cm³/mol. The summed E-state index contributed by atoms with van der Waals surface area (Å²) in [7, 11) is 0. The molecule has 0 unspecified atom stereocenters. The van der Waals surface area contributed by atoms with Gasteiger partial charge < -0.3 is 15.4 Å². The first kappa shape index (κ1) is 19.4. The van der Waals surface area contributed by atoms with Crippen LogP contribution in [0.15, 0.2) is 60.7 Å². The van der Waals surface area contributed by atoms with Gasteiger partial charge in [-0.2, -0.15) is 0 Å². The second-order valence-corrected chi connectivity index (χ2v) is 6.67. The van der Waals surface area contributed by atoms with E-state index in [9.17, 15) is 4.79 Å². The zero-order valence-corrected chi connectivity index (χ0v) is 16.3. The van der Waals surface area contributed by atoms with Crippen LogP contribution >= 0.6 is 0 Å². The van der Waals surface area contributed by atoms with Gasteiger partial charge in [-0.3, -0.25) is 4.79 Å². The quantitative estimate of drug-likeness (QED) is 0.638. The third-order valence-corrected chi connectivity index (χ3v) is 3.87. The number of amides is 1. The van der Waals surface area contributed by atoms with Gasteiger partial charge in [-0.25, -0.2) is 9.97 Å². The fourth-order valence-electron chi connectivity index (χ4n) is 2.65. The molecule has 0 atom stereocenters. The van der Waals surface area contributed by atoms with E-state index in [1.165, 1.54) is 0 Å². The minimum absolute atomic E-state index is 0.103. The van der Waals surface area contributed by atoms with Crippen molar-refractivity contribution in [2.24, 2.45) is 0 Å². The highest BCUT2D eigenvalue weighted by molar-refractivity contribution is 6.03. The number of carbonyl (C=O) groups is 1. The minimum Gasteiger partial charge on any atom is -0.491 e. The van der Waals surface area contributed by atoms with Gasteiger partial charge in [0.25, 0.3) is 5.91 Å². The van der Waals surface area contributed by atoms with Crippen molar-refractivity contribution in [3.63, 3.8) is 0 Å². The monoisotopic (exact) mass is 376 g/mol. The Bertz CT molecular complexity index is 925. The maximum absolute atomic E-state index is 12.6. The molecule has 0 saturated carbocycles. The van der Waals surface area contributed by atoms with Gasteiger partial charge in [-0.05, 0) is 50.6 Å². The lowest BCUT2D eigenvalue weighted by atomic mass is 10.2. The van der Waals surface area contributed by atoms with Crippen molar-refractivity contribution < 1.29 is 9.53 Å². The molecule has 6 nitrogen and oxygen atoms in total. The summed E-state index contributed by atoms with van der Waals surface area (Å²) < 4.78 is 5.61. The summed E-state index contributed by atoms with van der Waals surface area (Å²) in [6.45, 7) is 6.32. The molecular formula is C22H24N4O2. The number of anilines is 2. The predicted octanol–water partition coefficient (Wildman–Crippen LogP) is 4.44. The number of hydrogen-bond donors (Lipinski definition) is 2. The lowest BCUT2D eigenvalue weighted by molar-refractivity contribution is 0.102. The number of hydrogen-bond acceptors (Lipinski definition) is 5. The summed E-state index contributed by atoms with van der Waals surface area (Å²) in [6.07, 6.45) is 0.103. The number of benzene rings is 2. The summed E-state index contributed by atoms with van der Waals surface area (Å²) in [4.78, 5) is 21.2. The van der Waals surface area contributed by atoms with E-state index in [-0.39, 0.29) is 12.0 Å². The molecule has 0 fully saturated rings. The average Bonchev–Trinajstić information content (AvgIpc) is 2.68. The first-order valence-corrected chi connectivity index (χ1v) is 9.21. The molecular weight excluding hydrogens is 352 g/mol. The number of nitrogens with zero attached hydrogens (tertiary/aromatic N) is 2. The summed E-state index contributed by atoms with van der Waals surface area (Å²) in [5.41, 5.74) is 2.12. The van der Waals surface area contributed by atoms with Crippen LogP contribution in [0.25, 0.3) is 0 Å². The molecule has 3 aromatic rings. The molecule has 144 valence electrons. The highest BCUT2D eigenvalue weighted by atomic mass is 16.5. The van der Waals surface area contributed by atoms with Gasteiger partial charge in [0.15, 0.2) is 0 Å². The van der Waals surface area contributed by atoms with Gasteiger partial charge >= 0.3 is 0 Å². The highest BCUT2D eigenvalue weighted by Crippen LogP contribution is 2.18. The summed E-state index contributed by atoms with van der Waals surface area (Å²) in [5.74, 6) is 1.62. The van der Waals surface area contributed by atoms with Gasteiger partial charge in [0, 0.05) is 18.3 Å². The molecule has 1 amide bonds. The molecule has 1 heterocycles. The van der Waals surface area contributed by atoms with Crippen LogP contribution in [0.3, 0.4) is 0 Å². The van der Waals surface area contributed by atoms with Crippen LogP contribution in [0.1, 0.15) is 35.7 Å². The topological polar surface area (TPSA) is 76.1 Å². The van der Waals surface area contributed by atoms with Crippen molar-refractivity contribution in [2.45, 2.75) is 33.4 Å². The van der Waals surface area contributed by atoms with Crippen LogP contribution in [0.5, 0.6) is 5.75 Å². The van der Waals surface area contributed by atoms with Gasteiger partial charge in [-0.15, -0.1) is 0 Å². The first-order chi connectivity index (χ1) is 13.5. The fraction of sp³-hybridized carbons (Fsp3) is 0.227. The van der Waals surface area contributed by atoms with Crippen LogP contribution in [0, 0.1) is 6.92 Å². The number of ether oxygens (including phenoxy) is 1. The second kappa shape index (κ2) is 8.99. The number of nitrogens with one attached hydrogen (secondary N) is 2. The molecule has 0 spiro atoms. The van der Waals surface area contributed by atoms with Crippen molar-refractivity contribution in [1.29, 1.82) is 0 Å². The number of rotatable bonds is 7. The van der Waals surface area contributed by atoms with E-state index in [0.717, 1.165) is 11.3 Å². The third-order valence-electron chi connectivity index (χ3n) is 3.87. The second-order valence-electron chi connectivity index (χ2n) is 6.67. The SMILES string of the molecule is Cc1nc(NCc2ccccc2)cc(C(=O)Nc2ccc(OC(C)C)cc2)n1. The smallest absolute Gasteiger partial charge is 0.274 e. The fourth-order valence-corrected chi connectivity index (χ4v) is 2.65. The zero-order valence-electron chi connectivity index (χ0n) is 16.3. The van der Waals surface area contributed by atoms with Crippen LogP contribution < -0.4 is 15.4 Å². The van der Waals surface area contributed by atoms with Crippen molar-refractivity contribution in [3.8, 4) is 5.75 Å². The van der Waals surface area contributed by atoms with E-state index in [1.54, 1.807) is 25.1 Å². The Morgan fingerprint density at radius 2 is 1.75 bits per heavy atom. The molecule has 0 bridgehead atoms. The lowest BCUT2D eigenvalue weighted by Crippen LogP contribution is -2.16. The normalized spacial score (nSPS) is 10.6. The average molecular weight is 376 g/mol. The van der Waals surface area contributed by atoms with E-state index in [2.05, 4.69) is 20.6 Å². The van der Waals surface area contributed by atoms with Gasteiger partial charge in [-0.1, -0.05) is 30.3 Å². The zero-order chi connectivity index (χ0) is 19.9. The van der Waals surface area contributed by atoms with Gasteiger partial charge in [0.1, 0.15) is 23.1 Å². The van der Waals surface area contributed by atoms with Crippen LogP contribution in [0.2, 0.25) is 0 Å². The Morgan fingerprint density at radius 1 is 1.04 bits per heavy atom. The molecule has 0 aliphatic heterocycles. The molecule has 0 aliphatic rings. The van der Waals surface area contributed by atoms with Crippen molar-refractivity contribution in [1.82, 2.24) is 9.97 Å². The van der Waals surface area contributed by atoms with E-state index < -0.39 is 0 Å². The van der Waals surface area contributed by atoms with Crippen molar-refractivity contribution >= 4 is 17.4 Å². The summed E-state index contributed by atoms with van der Waals surface area (Å²) in [6, 6.07) is 18.9.